The van der Waals surface area contributed by atoms with Crippen molar-refractivity contribution in [3.8, 4) is 0 Å². The maximum Gasteiger partial charge on any atom is 0.187 e. The minimum absolute atomic E-state index is 0.219. The van der Waals surface area contributed by atoms with Crippen molar-refractivity contribution in [3.05, 3.63) is 18.0 Å². The van der Waals surface area contributed by atoms with Gasteiger partial charge in [-0.15, -0.1) is 0 Å². The Kier molecular flexibility index (Phi) is 4.94. The van der Waals surface area contributed by atoms with Crippen LogP contribution in [0.1, 0.15) is 31.7 Å². The van der Waals surface area contributed by atoms with Gasteiger partial charge in [-0.25, -0.2) is 9.97 Å². The predicted molar refractivity (Wildman–Crippen MR) is 88.3 cm³/mol. The molecule has 6 nitrogen and oxygen atoms in total. The van der Waals surface area contributed by atoms with Crippen LogP contribution in [-0.4, -0.2) is 68.3 Å². The quantitative estimate of drug-likeness (QED) is 0.630. The lowest BCUT2D eigenvalue weighted by Crippen LogP contribution is -2.59. The fraction of sp³-hybridized carbons (Fsp3) is 0.750. The summed E-state index contributed by atoms with van der Waals surface area (Å²) in [4.78, 5) is 11.0. The Morgan fingerprint density at radius 2 is 2.00 bits per heavy atom. The molecule has 2 atom stereocenters. The fourth-order valence-corrected chi connectivity index (χ4v) is 3.80. The highest BCUT2D eigenvalue weighted by atomic mass is 32.2. The molecule has 0 saturated carbocycles. The number of aliphatic hydroxyl groups excluding tert-OH is 1. The monoisotopic (exact) mass is 339 g/mol. The van der Waals surface area contributed by atoms with E-state index in [0.717, 1.165) is 43.2 Å². The number of hydrogen-bond acceptors (Lipinski definition) is 7. The van der Waals surface area contributed by atoms with Gasteiger partial charge in [0.15, 0.2) is 5.16 Å². The van der Waals surface area contributed by atoms with Crippen LogP contribution >= 0.6 is 11.8 Å². The topological polar surface area (TPSA) is 78.7 Å². The second kappa shape index (κ2) is 6.64. The third-order valence-corrected chi connectivity index (χ3v) is 5.56. The SMILES string of the molecule is CSc1ncc(CN2CCC3(CC2)C[C@](C)(O)[C@@H](O)CO3)cn1. The molecular formula is C16H25N3O3S. The van der Waals surface area contributed by atoms with Crippen LogP contribution in [0.15, 0.2) is 17.6 Å². The smallest absolute Gasteiger partial charge is 0.187 e. The first-order chi connectivity index (χ1) is 10.9. The highest BCUT2D eigenvalue weighted by Crippen LogP contribution is 2.39. The van der Waals surface area contributed by atoms with Crippen LogP contribution in [0, 0.1) is 0 Å². The Labute approximate surface area is 141 Å². The predicted octanol–water partition coefficient (Wildman–Crippen LogP) is 1.07. The summed E-state index contributed by atoms with van der Waals surface area (Å²) in [6.45, 7) is 4.59. The molecule has 1 aromatic rings. The van der Waals surface area contributed by atoms with E-state index in [-0.39, 0.29) is 12.2 Å². The number of nitrogens with zero attached hydrogens (tertiary/aromatic N) is 3. The molecule has 2 aliphatic rings. The number of aromatic nitrogens is 2. The molecule has 0 unspecified atom stereocenters. The number of likely N-dealkylation sites (tertiary alicyclic amines) is 1. The van der Waals surface area contributed by atoms with Gasteiger partial charge < -0.3 is 14.9 Å². The molecule has 0 aliphatic carbocycles. The van der Waals surface area contributed by atoms with E-state index in [1.54, 1.807) is 18.7 Å². The van der Waals surface area contributed by atoms with E-state index >= 15 is 0 Å². The third-order valence-electron chi connectivity index (χ3n) is 4.98. The average molecular weight is 339 g/mol. The first-order valence-corrected chi connectivity index (χ1v) is 9.27. The Morgan fingerprint density at radius 1 is 1.35 bits per heavy atom. The van der Waals surface area contributed by atoms with Crippen molar-refractivity contribution in [1.29, 1.82) is 0 Å². The average Bonchev–Trinajstić information content (AvgIpc) is 2.54. The molecule has 1 aromatic heterocycles. The normalized spacial score (nSPS) is 31.4. The van der Waals surface area contributed by atoms with Gasteiger partial charge in [-0.3, -0.25) is 4.90 Å². The second-order valence-electron chi connectivity index (χ2n) is 6.90. The summed E-state index contributed by atoms with van der Waals surface area (Å²) in [5, 5.41) is 21.0. The van der Waals surface area contributed by atoms with Crippen molar-refractivity contribution in [2.75, 3.05) is 26.0 Å². The minimum atomic E-state index is -1.05. The second-order valence-corrected chi connectivity index (χ2v) is 7.67. The molecule has 0 bridgehead atoms. The van der Waals surface area contributed by atoms with E-state index in [2.05, 4.69) is 14.9 Å². The molecule has 2 aliphatic heterocycles. The summed E-state index contributed by atoms with van der Waals surface area (Å²) in [5.41, 5.74) is -0.230. The summed E-state index contributed by atoms with van der Waals surface area (Å²) < 4.78 is 5.92. The zero-order chi connectivity index (χ0) is 16.5. The fourth-order valence-electron chi connectivity index (χ4n) is 3.48. The Morgan fingerprint density at radius 3 is 2.57 bits per heavy atom. The maximum atomic E-state index is 10.3. The maximum absolute atomic E-state index is 10.3. The molecule has 0 aromatic carbocycles. The zero-order valence-corrected chi connectivity index (χ0v) is 14.6. The van der Waals surface area contributed by atoms with E-state index < -0.39 is 11.7 Å². The van der Waals surface area contributed by atoms with E-state index in [1.807, 2.05) is 18.6 Å². The number of thioether (sulfide) groups is 1. The Hall–Kier alpha value is -0.730. The van der Waals surface area contributed by atoms with Gasteiger partial charge in [0.2, 0.25) is 0 Å². The highest BCUT2D eigenvalue weighted by molar-refractivity contribution is 7.98. The van der Waals surface area contributed by atoms with E-state index in [0.29, 0.717) is 6.42 Å². The van der Waals surface area contributed by atoms with Gasteiger partial charge in [0.05, 0.1) is 17.8 Å². The van der Waals surface area contributed by atoms with Crippen LogP contribution in [-0.2, 0) is 11.3 Å². The highest BCUT2D eigenvalue weighted by Gasteiger charge is 2.48. The summed E-state index contributed by atoms with van der Waals surface area (Å²) in [6, 6.07) is 0. The van der Waals surface area contributed by atoms with Gasteiger partial charge in [0.1, 0.15) is 6.10 Å². The lowest BCUT2D eigenvalue weighted by Gasteiger charge is -2.49. The summed E-state index contributed by atoms with van der Waals surface area (Å²) in [6.07, 6.45) is 7.20. The molecule has 1 spiro atoms. The number of rotatable bonds is 3. The van der Waals surface area contributed by atoms with Gasteiger partial charge in [0, 0.05) is 44.0 Å². The molecule has 3 heterocycles. The third kappa shape index (κ3) is 3.85. The first-order valence-electron chi connectivity index (χ1n) is 8.04. The molecule has 0 amide bonds. The van der Waals surface area contributed by atoms with E-state index in [1.165, 1.54) is 0 Å². The van der Waals surface area contributed by atoms with Gasteiger partial charge in [0.25, 0.3) is 0 Å². The standard InChI is InChI=1S/C16H25N3O3S/c1-15(21)11-16(22-10-13(15)20)3-5-19(6-4-16)9-12-7-17-14(23-2)18-8-12/h7-8,13,20-21H,3-6,9-11H2,1-2H3/t13-,15-/m0/s1. The van der Waals surface area contributed by atoms with Crippen molar-refractivity contribution in [2.24, 2.45) is 0 Å². The number of ether oxygens (including phenoxy) is 1. The summed E-state index contributed by atoms with van der Waals surface area (Å²) in [5.74, 6) is 0. The van der Waals surface area contributed by atoms with Crippen LogP contribution in [0.4, 0.5) is 0 Å². The summed E-state index contributed by atoms with van der Waals surface area (Å²) in [7, 11) is 0. The van der Waals surface area contributed by atoms with Crippen molar-refractivity contribution < 1.29 is 14.9 Å². The van der Waals surface area contributed by atoms with Crippen molar-refractivity contribution >= 4 is 11.8 Å². The Bertz CT molecular complexity index is 530. The molecule has 23 heavy (non-hydrogen) atoms. The van der Waals surface area contributed by atoms with Gasteiger partial charge in [-0.05, 0) is 26.0 Å². The molecule has 3 rings (SSSR count). The Balaban J connectivity index is 1.56. The van der Waals surface area contributed by atoms with Gasteiger partial charge >= 0.3 is 0 Å². The molecule has 2 fully saturated rings. The molecule has 2 N–H and O–H groups in total. The minimum Gasteiger partial charge on any atom is -0.388 e. The number of piperidine rings is 1. The zero-order valence-electron chi connectivity index (χ0n) is 13.7. The number of aliphatic hydroxyl groups is 2. The lowest BCUT2D eigenvalue weighted by molar-refractivity contribution is -0.223. The first kappa shape index (κ1) is 17.1. The van der Waals surface area contributed by atoms with Crippen LogP contribution in [0.5, 0.6) is 0 Å². The largest absolute Gasteiger partial charge is 0.388 e. The van der Waals surface area contributed by atoms with Crippen LogP contribution < -0.4 is 0 Å². The van der Waals surface area contributed by atoms with Crippen LogP contribution in [0.3, 0.4) is 0 Å². The van der Waals surface area contributed by atoms with Gasteiger partial charge in [-0.1, -0.05) is 11.8 Å². The number of hydrogen-bond donors (Lipinski definition) is 2. The van der Waals surface area contributed by atoms with Crippen LogP contribution in [0.25, 0.3) is 0 Å². The van der Waals surface area contributed by atoms with Gasteiger partial charge in [-0.2, -0.15) is 0 Å². The van der Waals surface area contributed by atoms with Crippen LogP contribution in [0.2, 0.25) is 0 Å². The molecule has 7 heteroatoms. The van der Waals surface area contributed by atoms with Crippen molar-refractivity contribution in [1.82, 2.24) is 14.9 Å². The molecule has 2 saturated heterocycles. The van der Waals surface area contributed by atoms with E-state index in [4.69, 9.17) is 4.74 Å². The lowest BCUT2D eigenvalue weighted by atomic mass is 9.76. The van der Waals surface area contributed by atoms with Crippen molar-refractivity contribution in [3.63, 3.8) is 0 Å². The summed E-state index contributed by atoms with van der Waals surface area (Å²) >= 11 is 1.54. The van der Waals surface area contributed by atoms with Crippen molar-refractivity contribution in [2.45, 2.75) is 55.2 Å². The molecular weight excluding hydrogens is 314 g/mol. The molecule has 128 valence electrons. The molecule has 0 radical (unpaired) electrons. The van der Waals surface area contributed by atoms with E-state index in [9.17, 15) is 10.2 Å².